The van der Waals surface area contributed by atoms with E-state index in [9.17, 15) is 8.78 Å². The molecular weight excluding hydrogens is 472 g/mol. The molecule has 6 heteroatoms. The standard InChI is InChI=1S/C16H26BrN3.C10H12F2/c1-5-7-8-19-13(3)16(15(17)6-2)14(4)20-11-9-18-10-12-20;1-3-4-8-5-9(11)7(2)10(12)6-8/h6-8,18H,5,9-12H2,1-4H3;5-6H,3-4H2,1-2H3/b8-7+,15-6+,16-14-,19-13+;. The number of hydrogen-bond acceptors (Lipinski definition) is 3. The van der Waals surface area contributed by atoms with Crippen molar-refractivity contribution in [2.24, 2.45) is 4.99 Å². The predicted molar refractivity (Wildman–Crippen MR) is 137 cm³/mol. The first-order chi connectivity index (χ1) is 15.3. The molecule has 2 rings (SSSR count). The number of aliphatic imine (C=N–C) groups is 1. The maximum Gasteiger partial charge on any atom is 0.129 e. The lowest BCUT2D eigenvalue weighted by Gasteiger charge is -2.32. The average molecular weight is 511 g/mol. The zero-order valence-electron chi connectivity index (χ0n) is 20.4. The third-order valence-corrected chi connectivity index (χ3v) is 6.15. The number of rotatable bonds is 7. The van der Waals surface area contributed by atoms with Gasteiger partial charge in [0.2, 0.25) is 0 Å². The Morgan fingerprint density at radius 2 is 1.75 bits per heavy atom. The topological polar surface area (TPSA) is 27.6 Å². The van der Waals surface area contributed by atoms with Crippen LogP contribution in [-0.2, 0) is 6.42 Å². The Labute approximate surface area is 201 Å². The molecular formula is C26H38BrF2N3. The highest BCUT2D eigenvalue weighted by Crippen LogP contribution is 2.25. The van der Waals surface area contributed by atoms with E-state index in [1.54, 1.807) is 0 Å². The molecule has 0 aliphatic carbocycles. The predicted octanol–water partition coefficient (Wildman–Crippen LogP) is 7.07. The van der Waals surface area contributed by atoms with Crippen LogP contribution in [0.1, 0.15) is 58.6 Å². The SMILES string of the molecule is CCCc1cc(F)c(C)c(F)c1.C\C=C(Br)/C(=C(/C)N1CCNCC1)C(/C)=N/C=C/CC. The first-order valence-corrected chi connectivity index (χ1v) is 12.2. The van der Waals surface area contributed by atoms with Crippen molar-refractivity contribution < 1.29 is 8.78 Å². The first kappa shape index (κ1) is 28.2. The van der Waals surface area contributed by atoms with Crippen molar-refractivity contribution in [1.82, 2.24) is 10.2 Å². The van der Waals surface area contributed by atoms with Crippen LogP contribution in [0.5, 0.6) is 0 Å². The number of piperazine rings is 1. The molecule has 1 heterocycles. The summed E-state index contributed by atoms with van der Waals surface area (Å²) in [6.45, 7) is 16.1. The van der Waals surface area contributed by atoms with Gasteiger partial charge >= 0.3 is 0 Å². The number of aryl methyl sites for hydroxylation is 1. The fraction of sp³-hybridized carbons (Fsp3) is 0.500. The van der Waals surface area contributed by atoms with Crippen LogP contribution in [0.2, 0.25) is 0 Å². The number of halogens is 3. The van der Waals surface area contributed by atoms with Crippen LogP contribution >= 0.6 is 15.9 Å². The average Bonchev–Trinajstić information content (AvgIpc) is 2.78. The highest BCUT2D eigenvalue weighted by Gasteiger charge is 2.16. The highest BCUT2D eigenvalue weighted by molar-refractivity contribution is 9.12. The molecule has 1 aromatic rings. The second-order valence-corrected chi connectivity index (χ2v) is 8.63. The van der Waals surface area contributed by atoms with Gasteiger partial charge < -0.3 is 10.2 Å². The molecule has 0 amide bonds. The molecule has 32 heavy (non-hydrogen) atoms. The Morgan fingerprint density at radius 3 is 2.25 bits per heavy atom. The minimum atomic E-state index is -0.446. The fourth-order valence-corrected chi connectivity index (χ4v) is 3.95. The molecule has 0 unspecified atom stereocenters. The Hall–Kier alpha value is -1.79. The van der Waals surface area contributed by atoms with E-state index in [2.05, 4.69) is 64.1 Å². The Morgan fingerprint density at radius 1 is 1.16 bits per heavy atom. The number of nitrogens with one attached hydrogen (secondary N) is 1. The van der Waals surface area contributed by atoms with Crippen molar-refractivity contribution in [3.05, 3.63) is 69.0 Å². The molecule has 0 radical (unpaired) electrons. The van der Waals surface area contributed by atoms with Gasteiger partial charge in [-0.15, -0.1) is 0 Å². The van der Waals surface area contributed by atoms with Crippen molar-refractivity contribution in [1.29, 1.82) is 0 Å². The molecule has 1 aromatic carbocycles. The number of benzene rings is 1. The summed E-state index contributed by atoms with van der Waals surface area (Å²) in [6.07, 6.45) is 8.71. The lowest BCUT2D eigenvalue weighted by atomic mass is 10.1. The van der Waals surface area contributed by atoms with E-state index in [1.165, 1.54) is 30.3 Å². The summed E-state index contributed by atoms with van der Waals surface area (Å²) in [5, 5.41) is 3.39. The molecule has 178 valence electrons. The molecule has 0 aromatic heterocycles. The van der Waals surface area contributed by atoms with Gasteiger partial charge in [0.25, 0.3) is 0 Å². The molecule has 1 aliphatic rings. The summed E-state index contributed by atoms with van der Waals surface area (Å²) in [4.78, 5) is 6.99. The van der Waals surface area contributed by atoms with Crippen LogP contribution in [0.3, 0.4) is 0 Å². The third-order valence-electron chi connectivity index (χ3n) is 5.30. The third kappa shape index (κ3) is 8.99. The van der Waals surface area contributed by atoms with Crippen LogP contribution in [0.4, 0.5) is 8.78 Å². The monoisotopic (exact) mass is 509 g/mol. The molecule has 0 atom stereocenters. The highest BCUT2D eigenvalue weighted by atomic mass is 79.9. The molecule has 1 N–H and O–H groups in total. The Bertz CT molecular complexity index is 828. The first-order valence-electron chi connectivity index (χ1n) is 11.4. The van der Waals surface area contributed by atoms with Crippen molar-refractivity contribution in [2.45, 2.75) is 60.8 Å². The van der Waals surface area contributed by atoms with Crippen LogP contribution in [-0.4, -0.2) is 36.8 Å². The van der Waals surface area contributed by atoms with E-state index >= 15 is 0 Å². The molecule has 0 spiro atoms. The number of allylic oxidation sites excluding steroid dienone is 5. The minimum absolute atomic E-state index is 0.106. The largest absolute Gasteiger partial charge is 0.372 e. The van der Waals surface area contributed by atoms with E-state index in [-0.39, 0.29) is 5.56 Å². The van der Waals surface area contributed by atoms with Gasteiger partial charge in [0.15, 0.2) is 0 Å². The summed E-state index contributed by atoms with van der Waals surface area (Å²) in [6, 6.07) is 2.81. The zero-order valence-corrected chi connectivity index (χ0v) is 22.0. The van der Waals surface area contributed by atoms with Crippen LogP contribution in [0.25, 0.3) is 0 Å². The Kier molecular flexibility index (Phi) is 13.3. The number of hydrogen-bond donors (Lipinski definition) is 1. The second kappa shape index (κ2) is 15.1. The molecule has 1 saturated heterocycles. The molecule has 1 fully saturated rings. The molecule has 0 bridgehead atoms. The van der Waals surface area contributed by atoms with Crippen LogP contribution in [0.15, 0.2) is 51.2 Å². The maximum absolute atomic E-state index is 12.9. The van der Waals surface area contributed by atoms with E-state index in [0.29, 0.717) is 0 Å². The molecule has 3 nitrogen and oxygen atoms in total. The van der Waals surface area contributed by atoms with Crippen LogP contribution < -0.4 is 5.32 Å². The van der Waals surface area contributed by atoms with Crippen molar-refractivity contribution >= 4 is 21.6 Å². The van der Waals surface area contributed by atoms with E-state index in [4.69, 9.17) is 0 Å². The maximum atomic E-state index is 12.9. The summed E-state index contributed by atoms with van der Waals surface area (Å²) in [5.74, 6) is -0.892. The lowest BCUT2D eigenvalue weighted by molar-refractivity contribution is 0.299. The minimum Gasteiger partial charge on any atom is -0.372 e. The van der Waals surface area contributed by atoms with E-state index in [1.807, 2.05) is 20.0 Å². The second-order valence-electron chi connectivity index (χ2n) is 7.78. The summed E-state index contributed by atoms with van der Waals surface area (Å²) < 4.78 is 27.0. The van der Waals surface area contributed by atoms with Gasteiger partial charge in [-0.1, -0.05) is 48.4 Å². The fourth-order valence-electron chi connectivity index (χ4n) is 3.38. The number of nitrogens with zero attached hydrogens (tertiary/aromatic N) is 2. The van der Waals surface area contributed by atoms with Crippen molar-refractivity contribution in [2.75, 3.05) is 26.2 Å². The summed E-state index contributed by atoms with van der Waals surface area (Å²) in [5.41, 5.74) is 4.39. The van der Waals surface area contributed by atoms with Gasteiger partial charge in [-0.25, -0.2) is 8.78 Å². The lowest BCUT2D eigenvalue weighted by Crippen LogP contribution is -2.43. The van der Waals surface area contributed by atoms with Gasteiger partial charge in [0, 0.05) is 59.4 Å². The summed E-state index contributed by atoms with van der Waals surface area (Å²) >= 11 is 3.68. The normalized spacial score (nSPS) is 16.1. The van der Waals surface area contributed by atoms with Gasteiger partial charge in [-0.3, -0.25) is 4.99 Å². The quantitative estimate of drug-likeness (QED) is 0.314. The van der Waals surface area contributed by atoms with Gasteiger partial charge in [-0.05, 0) is 58.2 Å². The van der Waals surface area contributed by atoms with Gasteiger partial charge in [0.1, 0.15) is 11.6 Å². The summed E-state index contributed by atoms with van der Waals surface area (Å²) in [7, 11) is 0. The molecule has 0 saturated carbocycles. The van der Waals surface area contributed by atoms with Crippen LogP contribution in [0, 0.1) is 18.6 Å². The van der Waals surface area contributed by atoms with Gasteiger partial charge in [0.05, 0.1) is 0 Å². The molecule has 1 aliphatic heterocycles. The van der Waals surface area contributed by atoms with Crippen molar-refractivity contribution in [3.63, 3.8) is 0 Å². The van der Waals surface area contributed by atoms with E-state index in [0.717, 1.165) is 61.2 Å². The smallest absolute Gasteiger partial charge is 0.129 e. The van der Waals surface area contributed by atoms with Gasteiger partial charge in [-0.2, -0.15) is 0 Å². The zero-order chi connectivity index (χ0) is 24.1. The van der Waals surface area contributed by atoms with E-state index < -0.39 is 11.6 Å². The Balaban J connectivity index is 0.000000363. The van der Waals surface area contributed by atoms with Crippen molar-refractivity contribution in [3.8, 4) is 0 Å².